The zero-order valence-corrected chi connectivity index (χ0v) is 12.0. The van der Waals surface area contributed by atoms with Crippen molar-refractivity contribution in [3.05, 3.63) is 40.4 Å². The maximum Gasteiger partial charge on any atom is 0.124 e. The Morgan fingerprint density at radius 3 is 3.05 bits per heavy atom. The number of halogens is 2. The van der Waals surface area contributed by atoms with Gasteiger partial charge in [0.05, 0.1) is 24.2 Å². The first kappa shape index (κ1) is 14.1. The molecule has 2 aromatic rings. The van der Waals surface area contributed by atoms with Crippen LogP contribution < -0.4 is 5.32 Å². The van der Waals surface area contributed by atoms with Gasteiger partial charge in [-0.2, -0.15) is 0 Å². The topological polar surface area (TPSA) is 52.0 Å². The van der Waals surface area contributed by atoms with Crippen molar-refractivity contribution in [2.45, 2.75) is 6.54 Å². The molecule has 1 heterocycles. The van der Waals surface area contributed by atoms with E-state index in [9.17, 15) is 4.39 Å². The van der Waals surface area contributed by atoms with Crippen LogP contribution in [-0.2, 0) is 11.3 Å². The van der Waals surface area contributed by atoms with Gasteiger partial charge in [-0.15, -0.1) is 5.10 Å². The fourth-order valence-electron chi connectivity index (χ4n) is 1.55. The van der Waals surface area contributed by atoms with Gasteiger partial charge in [-0.25, -0.2) is 9.07 Å². The maximum atomic E-state index is 13.0. The Hall–Kier alpha value is -1.31. The molecule has 0 amide bonds. The van der Waals surface area contributed by atoms with Gasteiger partial charge >= 0.3 is 0 Å². The molecule has 0 bridgehead atoms. The van der Waals surface area contributed by atoms with Gasteiger partial charge in [-0.05, 0) is 34.1 Å². The number of nitrogens with one attached hydrogen (secondary N) is 1. The molecule has 2 rings (SSSR count). The van der Waals surface area contributed by atoms with Gasteiger partial charge in [0.2, 0.25) is 0 Å². The number of nitrogens with zero attached hydrogens (tertiary/aromatic N) is 3. The van der Waals surface area contributed by atoms with Crippen LogP contribution >= 0.6 is 15.9 Å². The van der Waals surface area contributed by atoms with Crippen LogP contribution in [0.25, 0.3) is 5.69 Å². The molecule has 1 N–H and O–H groups in total. The molecule has 0 saturated carbocycles. The zero-order chi connectivity index (χ0) is 13.7. The van der Waals surface area contributed by atoms with Crippen molar-refractivity contribution in [3.8, 4) is 5.69 Å². The number of ether oxygens (including phenoxy) is 1. The van der Waals surface area contributed by atoms with E-state index in [0.717, 1.165) is 17.9 Å². The summed E-state index contributed by atoms with van der Waals surface area (Å²) in [6.07, 6.45) is 1.80. The van der Waals surface area contributed by atoms with E-state index in [0.29, 0.717) is 17.6 Å². The lowest BCUT2D eigenvalue weighted by Gasteiger charge is -2.03. The zero-order valence-electron chi connectivity index (χ0n) is 10.4. The van der Waals surface area contributed by atoms with Crippen molar-refractivity contribution < 1.29 is 9.13 Å². The molecule has 19 heavy (non-hydrogen) atoms. The smallest absolute Gasteiger partial charge is 0.124 e. The van der Waals surface area contributed by atoms with Crippen molar-refractivity contribution in [3.63, 3.8) is 0 Å². The van der Waals surface area contributed by atoms with E-state index in [4.69, 9.17) is 4.74 Å². The van der Waals surface area contributed by atoms with Crippen molar-refractivity contribution in [2.24, 2.45) is 0 Å². The number of methoxy groups -OCH3 is 1. The third-order valence-corrected chi connectivity index (χ3v) is 3.12. The summed E-state index contributed by atoms with van der Waals surface area (Å²) in [6, 6.07) is 4.43. The van der Waals surface area contributed by atoms with Gasteiger partial charge < -0.3 is 10.1 Å². The lowest BCUT2D eigenvalue weighted by molar-refractivity contribution is 0.199. The van der Waals surface area contributed by atoms with E-state index < -0.39 is 0 Å². The lowest BCUT2D eigenvalue weighted by atomic mass is 10.3. The molecule has 0 radical (unpaired) electrons. The van der Waals surface area contributed by atoms with Crippen LogP contribution in [0.4, 0.5) is 4.39 Å². The Morgan fingerprint density at radius 1 is 1.47 bits per heavy atom. The third-order valence-electron chi connectivity index (χ3n) is 2.49. The Bertz CT molecular complexity index is 546. The SMILES string of the molecule is COCCNCc1cn(-c2ccc(F)cc2Br)nn1. The molecule has 1 aromatic heterocycles. The van der Waals surface area contributed by atoms with Gasteiger partial charge in [-0.3, -0.25) is 0 Å². The molecular weight excluding hydrogens is 315 g/mol. The van der Waals surface area contributed by atoms with Crippen LogP contribution in [0.3, 0.4) is 0 Å². The van der Waals surface area contributed by atoms with Gasteiger partial charge in [-0.1, -0.05) is 5.21 Å². The minimum Gasteiger partial charge on any atom is -0.383 e. The molecule has 7 heteroatoms. The van der Waals surface area contributed by atoms with Crippen molar-refractivity contribution in [1.82, 2.24) is 20.3 Å². The van der Waals surface area contributed by atoms with Crippen LogP contribution in [-0.4, -0.2) is 35.3 Å². The summed E-state index contributed by atoms with van der Waals surface area (Å²) in [6.45, 7) is 2.02. The van der Waals surface area contributed by atoms with Crippen LogP contribution in [0.2, 0.25) is 0 Å². The molecule has 0 saturated heterocycles. The summed E-state index contributed by atoms with van der Waals surface area (Å²) >= 11 is 3.31. The van der Waals surface area contributed by atoms with E-state index in [2.05, 4.69) is 31.6 Å². The monoisotopic (exact) mass is 328 g/mol. The van der Waals surface area contributed by atoms with E-state index in [1.165, 1.54) is 12.1 Å². The maximum absolute atomic E-state index is 13.0. The normalized spacial score (nSPS) is 10.9. The number of aromatic nitrogens is 3. The van der Waals surface area contributed by atoms with Crippen LogP contribution in [0.15, 0.2) is 28.9 Å². The average Bonchev–Trinajstić information content (AvgIpc) is 2.83. The summed E-state index contributed by atoms with van der Waals surface area (Å²) in [5.41, 5.74) is 1.56. The summed E-state index contributed by atoms with van der Waals surface area (Å²) in [7, 11) is 1.66. The summed E-state index contributed by atoms with van der Waals surface area (Å²) in [4.78, 5) is 0. The number of benzene rings is 1. The highest BCUT2D eigenvalue weighted by molar-refractivity contribution is 9.10. The third kappa shape index (κ3) is 3.82. The second-order valence-corrected chi connectivity index (χ2v) is 4.77. The Balaban J connectivity index is 2.04. The highest BCUT2D eigenvalue weighted by Crippen LogP contribution is 2.21. The predicted molar refractivity (Wildman–Crippen MR) is 72.6 cm³/mol. The molecule has 102 valence electrons. The van der Waals surface area contributed by atoms with E-state index in [-0.39, 0.29) is 5.82 Å². The largest absolute Gasteiger partial charge is 0.383 e. The molecule has 0 unspecified atom stereocenters. The first-order valence-electron chi connectivity index (χ1n) is 5.77. The standard InChI is InChI=1S/C12H14BrFN4O/c1-19-5-4-15-7-10-8-18(17-16-10)12-3-2-9(14)6-11(12)13/h2-3,6,8,15H,4-5,7H2,1H3. The van der Waals surface area contributed by atoms with Crippen LogP contribution in [0, 0.1) is 5.82 Å². The predicted octanol–water partition coefficient (Wildman–Crippen LogP) is 1.90. The first-order chi connectivity index (χ1) is 9.20. The lowest BCUT2D eigenvalue weighted by Crippen LogP contribution is -2.18. The molecule has 0 atom stereocenters. The van der Waals surface area contributed by atoms with Gasteiger partial charge in [0.15, 0.2) is 0 Å². The second-order valence-electron chi connectivity index (χ2n) is 3.92. The molecule has 5 nitrogen and oxygen atoms in total. The van der Waals surface area contributed by atoms with Crippen LogP contribution in [0.1, 0.15) is 5.69 Å². The number of hydrogen-bond acceptors (Lipinski definition) is 4. The van der Waals surface area contributed by atoms with Gasteiger partial charge in [0.1, 0.15) is 5.82 Å². The Kier molecular flexibility index (Phi) is 5.00. The summed E-state index contributed by atoms with van der Waals surface area (Å²) in [5, 5.41) is 11.2. The average molecular weight is 329 g/mol. The highest BCUT2D eigenvalue weighted by Gasteiger charge is 2.07. The minimum atomic E-state index is -0.294. The molecule has 0 spiro atoms. The van der Waals surface area contributed by atoms with Gasteiger partial charge in [0.25, 0.3) is 0 Å². The quantitative estimate of drug-likeness (QED) is 0.823. The van der Waals surface area contributed by atoms with Crippen molar-refractivity contribution >= 4 is 15.9 Å². The Morgan fingerprint density at radius 2 is 2.32 bits per heavy atom. The van der Waals surface area contributed by atoms with Crippen LogP contribution in [0.5, 0.6) is 0 Å². The van der Waals surface area contributed by atoms with Gasteiger partial charge in [0, 0.05) is 24.7 Å². The van der Waals surface area contributed by atoms with E-state index >= 15 is 0 Å². The summed E-state index contributed by atoms with van der Waals surface area (Å²) in [5.74, 6) is -0.294. The van der Waals surface area contributed by atoms with Crippen molar-refractivity contribution in [2.75, 3.05) is 20.3 Å². The molecule has 1 aromatic carbocycles. The molecule has 0 aliphatic rings. The first-order valence-corrected chi connectivity index (χ1v) is 6.56. The van der Waals surface area contributed by atoms with E-state index in [1.807, 2.05) is 0 Å². The highest BCUT2D eigenvalue weighted by atomic mass is 79.9. The molecule has 0 aliphatic heterocycles. The van der Waals surface area contributed by atoms with Crippen molar-refractivity contribution in [1.29, 1.82) is 0 Å². The fourth-order valence-corrected chi connectivity index (χ4v) is 2.09. The fraction of sp³-hybridized carbons (Fsp3) is 0.333. The molecule has 0 fully saturated rings. The minimum absolute atomic E-state index is 0.294. The number of hydrogen-bond donors (Lipinski definition) is 1. The molecular formula is C12H14BrFN4O. The number of rotatable bonds is 6. The summed E-state index contributed by atoms with van der Waals surface area (Å²) < 4.78 is 20.2. The molecule has 0 aliphatic carbocycles. The second kappa shape index (κ2) is 6.74. The van der Waals surface area contributed by atoms with E-state index in [1.54, 1.807) is 24.1 Å². The Labute approximate surface area is 118 Å².